The molecule has 308 valence electrons. The quantitative estimate of drug-likeness (QED) is 0.0407. The summed E-state index contributed by atoms with van der Waals surface area (Å²) in [6, 6.07) is -2.35. The van der Waals surface area contributed by atoms with Gasteiger partial charge in [-0.15, -0.1) is 0 Å². The number of fused-ring (bicyclic) bond motifs is 2. The minimum Gasteiger partial charge on any atom is -0.382 e. The van der Waals surface area contributed by atoms with Crippen molar-refractivity contribution in [1.29, 1.82) is 0 Å². The number of phosphoric acid groups is 2. The van der Waals surface area contributed by atoms with E-state index in [1.165, 1.54) is 21.8 Å². The van der Waals surface area contributed by atoms with E-state index in [0.29, 0.717) is 0 Å². The van der Waals surface area contributed by atoms with Crippen LogP contribution < -0.4 is 11.5 Å². The molecule has 2 fully saturated rings. The van der Waals surface area contributed by atoms with Gasteiger partial charge in [-0.2, -0.15) is 8.78 Å². The van der Waals surface area contributed by atoms with Crippen molar-refractivity contribution in [1.82, 2.24) is 39.0 Å². The fourth-order valence-electron chi connectivity index (χ4n) is 5.53. The van der Waals surface area contributed by atoms with E-state index in [4.69, 9.17) is 32.0 Å². The molecule has 4 aromatic rings. The van der Waals surface area contributed by atoms with Crippen LogP contribution in [-0.2, 0) is 45.4 Å². The smallest absolute Gasteiger partial charge is 0.382 e. The highest BCUT2D eigenvalue weighted by Gasteiger charge is 2.70. The number of ether oxygens (including phenoxy) is 2. The van der Waals surface area contributed by atoms with Crippen molar-refractivity contribution in [3.05, 3.63) is 46.2 Å². The Morgan fingerprint density at radius 3 is 1.51 bits per heavy atom. The van der Waals surface area contributed by atoms with Gasteiger partial charge in [-0.3, -0.25) is 27.3 Å². The van der Waals surface area contributed by atoms with Crippen LogP contribution in [0.3, 0.4) is 0 Å². The van der Waals surface area contributed by atoms with Gasteiger partial charge in [0.2, 0.25) is 0 Å². The van der Waals surface area contributed by atoms with Crippen molar-refractivity contribution in [2.75, 3.05) is 24.7 Å². The van der Waals surface area contributed by atoms with Crippen molar-refractivity contribution < 1.29 is 73.8 Å². The lowest BCUT2D eigenvalue weighted by Gasteiger charge is -2.27. The second-order valence-corrected chi connectivity index (χ2v) is 18.9. The molecule has 0 amide bonds. The van der Waals surface area contributed by atoms with Gasteiger partial charge in [0, 0.05) is 22.7 Å². The van der Waals surface area contributed by atoms with E-state index in [2.05, 4.69) is 67.6 Å². The number of nitrogen functional groups attached to an aromatic ring is 2. The van der Waals surface area contributed by atoms with E-state index in [0.717, 1.165) is 12.7 Å². The predicted molar refractivity (Wildman–Crippen MR) is 181 cm³/mol. The Kier molecular flexibility index (Phi) is 11.7. The Labute approximate surface area is 313 Å². The minimum atomic E-state index is -7.18. The summed E-state index contributed by atoms with van der Waals surface area (Å²) in [5.41, 5.74) is 30.2. The molecular formula is C21H26F2N16O14P4. The average Bonchev–Trinajstić information content (AvgIpc) is 3.91. The van der Waals surface area contributed by atoms with Gasteiger partial charge in [-0.25, -0.2) is 47.7 Å². The van der Waals surface area contributed by atoms with Gasteiger partial charge in [-0.05, 0) is 11.1 Å². The Bertz CT molecular complexity index is 2320. The summed E-state index contributed by atoms with van der Waals surface area (Å²) in [6.07, 6.45) is -0.528. The SMILES string of the molecule is [N-]=[N+]=NC1CC(n2cnc3c(N)ncnc32)OC1COP(=O)(O)OP(=O)(O)C(F)(F)P(=O)(O)OP(=O)(O)OCC1OC(n2cnc3c(N)ncnc32)CC1N=[N+]=[N-]. The number of halogens is 2. The number of imidazole rings is 2. The third-order valence-electron chi connectivity index (χ3n) is 8.11. The molecule has 2 aliphatic heterocycles. The zero-order valence-corrected chi connectivity index (χ0v) is 31.5. The fourth-order valence-corrected chi connectivity index (χ4v) is 11.5. The molecule has 0 aliphatic carbocycles. The number of azide groups is 2. The number of alkyl halides is 2. The summed E-state index contributed by atoms with van der Waals surface area (Å²) in [6.45, 7) is -2.26. The molecule has 10 atom stereocenters. The summed E-state index contributed by atoms with van der Waals surface area (Å²) in [5.74, 6) is 0.0196. The van der Waals surface area contributed by atoms with E-state index < -0.39 is 86.2 Å². The van der Waals surface area contributed by atoms with Gasteiger partial charge >= 0.3 is 36.2 Å². The normalized spacial score (nSPS) is 26.8. The van der Waals surface area contributed by atoms with E-state index in [-0.39, 0.29) is 46.8 Å². The molecule has 0 spiro atoms. The van der Waals surface area contributed by atoms with Crippen molar-refractivity contribution in [3.8, 4) is 0 Å². The number of anilines is 2. The molecule has 6 heterocycles. The lowest BCUT2D eigenvalue weighted by molar-refractivity contribution is -0.0235. The lowest BCUT2D eigenvalue weighted by atomic mass is 10.1. The van der Waals surface area contributed by atoms with E-state index in [9.17, 15) is 37.8 Å². The van der Waals surface area contributed by atoms with Crippen LogP contribution in [0, 0.1) is 0 Å². The Hall–Kier alpha value is -4.30. The molecule has 2 aliphatic rings. The summed E-state index contributed by atoms with van der Waals surface area (Å²) >= 11 is 0. The molecule has 0 bridgehead atoms. The first kappa shape index (κ1) is 42.3. The van der Waals surface area contributed by atoms with E-state index in [1.54, 1.807) is 0 Å². The topological polar surface area (TPSA) is 441 Å². The predicted octanol–water partition coefficient (Wildman–Crippen LogP) is 2.95. The molecule has 30 nitrogen and oxygen atoms in total. The lowest BCUT2D eigenvalue weighted by Crippen LogP contribution is -2.25. The second kappa shape index (κ2) is 15.8. The van der Waals surface area contributed by atoms with Crippen LogP contribution in [0.4, 0.5) is 20.4 Å². The second-order valence-electron chi connectivity index (χ2n) is 11.7. The highest BCUT2D eigenvalue weighted by Crippen LogP contribution is 2.81. The highest BCUT2D eigenvalue weighted by atomic mass is 31.3. The number of aromatic nitrogens is 8. The molecule has 4 aromatic heterocycles. The molecule has 57 heavy (non-hydrogen) atoms. The number of hydrogen-bond acceptors (Lipinski definition) is 20. The van der Waals surface area contributed by atoms with Crippen LogP contribution in [0.25, 0.3) is 43.2 Å². The van der Waals surface area contributed by atoms with Crippen molar-refractivity contribution >= 4 is 64.8 Å². The Balaban J connectivity index is 1.08. The van der Waals surface area contributed by atoms with Gasteiger partial charge in [0.05, 0.1) is 50.2 Å². The standard InChI is InChI=1S/C21H26F2N16O14P4/c22-21(23,54(40,41)52-56(44,45)48-3-11-9(34-36-26)1-13(50-11)38-7-32-15-17(24)28-5-30-19(15)38)55(42,43)53-57(46,47)49-4-12-10(35-37-27)2-14(51-12)39-8-33-16-18(25)29-6-31-20(16)39/h5-14H,1-4H2,(H,40,41)(H,42,43)(H,44,45)(H,46,47)(H2,24,28,30)(H2,25,29,31). The molecule has 0 radical (unpaired) electrons. The van der Waals surface area contributed by atoms with Crippen LogP contribution in [-0.4, -0.2) is 102 Å². The van der Waals surface area contributed by atoms with E-state index in [1.807, 2.05) is 0 Å². The molecule has 36 heteroatoms. The summed E-state index contributed by atoms with van der Waals surface area (Å²) in [4.78, 5) is 69.1. The van der Waals surface area contributed by atoms with Crippen LogP contribution in [0.15, 0.2) is 35.5 Å². The molecule has 10 unspecified atom stereocenters. The van der Waals surface area contributed by atoms with Crippen LogP contribution >= 0.6 is 30.8 Å². The largest absolute Gasteiger partial charge is 0.479 e. The number of nitrogens with zero attached hydrogens (tertiary/aromatic N) is 14. The van der Waals surface area contributed by atoms with Gasteiger partial charge in [-0.1, -0.05) is 10.2 Å². The fraction of sp³-hybridized carbons (Fsp3) is 0.524. The Morgan fingerprint density at radius 2 is 1.14 bits per heavy atom. The van der Waals surface area contributed by atoms with Crippen LogP contribution in [0.5, 0.6) is 0 Å². The molecule has 8 N–H and O–H groups in total. The molecule has 2 saturated heterocycles. The minimum absolute atomic E-state index is 0.00979. The first-order valence-electron chi connectivity index (χ1n) is 15.4. The van der Waals surface area contributed by atoms with Crippen LogP contribution in [0.2, 0.25) is 0 Å². The van der Waals surface area contributed by atoms with Crippen molar-refractivity contribution in [2.24, 2.45) is 10.2 Å². The summed E-state index contributed by atoms with van der Waals surface area (Å²) < 4.78 is 111. The summed E-state index contributed by atoms with van der Waals surface area (Å²) in [7, 11) is -26.6. The third kappa shape index (κ3) is 8.62. The zero-order chi connectivity index (χ0) is 41.6. The van der Waals surface area contributed by atoms with Gasteiger partial charge < -0.3 is 40.5 Å². The maximum atomic E-state index is 15.1. The monoisotopic (exact) mass is 888 g/mol. The number of hydrogen-bond donors (Lipinski definition) is 6. The average molecular weight is 888 g/mol. The summed E-state index contributed by atoms with van der Waals surface area (Å²) in [5, 5.41) is 0.865. The van der Waals surface area contributed by atoms with Crippen molar-refractivity contribution in [2.45, 2.75) is 55.0 Å². The maximum Gasteiger partial charge on any atom is 0.479 e. The van der Waals surface area contributed by atoms with Gasteiger partial charge in [0.1, 0.15) is 36.1 Å². The zero-order valence-electron chi connectivity index (χ0n) is 27.9. The maximum absolute atomic E-state index is 15.1. The number of rotatable bonds is 16. The van der Waals surface area contributed by atoms with Crippen molar-refractivity contribution in [3.63, 3.8) is 0 Å². The first-order chi connectivity index (χ1) is 26.7. The van der Waals surface area contributed by atoms with Crippen LogP contribution in [0.1, 0.15) is 25.3 Å². The number of nitrogens with two attached hydrogens (primary N) is 2. The molecule has 0 saturated carbocycles. The van der Waals surface area contributed by atoms with Gasteiger partial charge in [0.25, 0.3) is 0 Å². The molecule has 0 aromatic carbocycles. The third-order valence-corrected chi connectivity index (χ3v) is 15.4. The highest BCUT2D eigenvalue weighted by molar-refractivity contribution is 7.78. The van der Waals surface area contributed by atoms with E-state index >= 15 is 8.78 Å². The van der Waals surface area contributed by atoms with Gasteiger partial charge in [0.15, 0.2) is 22.9 Å². The molecular weight excluding hydrogens is 862 g/mol. The Morgan fingerprint density at radius 1 is 0.754 bits per heavy atom. The first-order valence-corrected chi connectivity index (χ1v) is 21.5. The number of phosphoric ester groups is 2. The molecule has 6 rings (SSSR count).